The number of carbonyl (C=O) groups is 1. The number of aliphatic hydroxyl groups excluding tert-OH is 1. The number of amides is 1. The van der Waals surface area contributed by atoms with Crippen LogP contribution in [-0.4, -0.2) is 39.2 Å². The van der Waals surface area contributed by atoms with E-state index in [2.05, 4.69) is 15.6 Å². The zero-order valence-corrected chi connectivity index (χ0v) is 11.7. The molecule has 7 heteroatoms. The molecule has 21 heavy (non-hydrogen) atoms. The lowest BCUT2D eigenvalue weighted by molar-refractivity contribution is 0.0937. The third kappa shape index (κ3) is 4.35. The number of rotatable bonds is 6. The summed E-state index contributed by atoms with van der Waals surface area (Å²) in [7, 11) is 0. The van der Waals surface area contributed by atoms with Gasteiger partial charge in [-0.2, -0.15) is 0 Å². The maximum absolute atomic E-state index is 13.1. The number of nitrogens with one attached hydrogen (secondary N) is 1. The van der Waals surface area contributed by atoms with Gasteiger partial charge in [-0.05, 0) is 23.6 Å². The van der Waals surface area contributed by atoms with E-state index in [0.29, 0.717) is 13.1 Å². The first-order valence-corrected chi connectivity index (χ1v) is 6.62. The van der Waals surface area contributed by atoms with Crippen molar-refractivity contribution in [2.75, 3.05) is 13.2 Å². The minimum absolute atomic E-state index is 0.00649. The Balaban J connectivity index is 1.96. The molecule has 2 rings (SSSR count). The molecule has 1 unspecified atom stereocenters. The van der Waals surface area contributed by atoms with E-state index in [4.69, 9.17) is 5.11 Å². The van der Waals surface area contributed by atoms with Gasteiger partial charge in [-0.1, -0.05) is 24.3 Å². The summed E-state index contributed by atoms with van der Waals surface area (Å²) in [6.07, 6.45) is 1.50. The van der Waals surface area contributed by atoms with E-state index in [1.807, 2.05) is 6.92 Å². The van der Waals surface area contributed by atoms with Crippen molar-refractivity contribution < 1.29 is 14.3 Å². The first kappa shape index (κ1) is 15.1. The molecule has 0 bridgehead atoms. The van der Waals surface area contributed by atoms with Crippen molar-refractivity contribution in [3.8, 4) is 0 Å². The first-order chi connectivity index (χ1) is 10.1. The molecule has 0 aliphatic rings. The molecule has 0 fully saturated rings. The summed E-state index contributed by atoms with van der Waals surface area (Å²) in [5.74, 6) is -0.680. The molecule has 1 atom stereocenters. The maximum Gasteiger partial charge on any atom is 0.273 e. The molecular formula is C14H17FN4O2. The molecule has 1 aromatic carbocycles. The first-order valence-electron chi connectivity index (χ1n) is 6.62. The largest absolute Gasteiger partial charge is 0.396 e. The number of aliphatic hydroxyl groups is 1. The standard InChI is InChI=1S/C14H17FN4O2/c1-10(9-20)6-16-14(21)13-8-19(18-17-13)7-11-3-2-4-12(15)5-11/h2-5,8,10,20H,6-7,9H2,1H3,(H,16,21). The van der Waals surface area contributed by atoms with Gasteiger partial charge in [0, 0.05) is 13.2 Å². The molecule has 1 amide bonds. The molecule has 0 aliphatic heterocycles. The highest BCUT2D eigenvalue weighted by Gasteiger charge is 2.12. The Labute approximate surface area is 121 Å². The van der Waals surface area contributed by atoms with Gasteiger partial charge >= 0.3 is 0 Å². The van der Waals surface area contributed by atoms with Crippen LogP contribution in [-0.2, 0) is 6.54 Å². The van der Waals surface area contributed by atoms with Gasteiger partial charge in [0.25, 0.3) is 5.91 Å². The number of hydrogen-bond acceptors (Lipinski definition) is 4. The fourth-order valence-electron chi connectivity index (χ4n) is 1.72. The van der Waals surface area contributed by atoms with Crippen LogP contribution in [0.15, 0.2) is 30.5 Å². The van der Waals surface area contributed by atoms with Crippen LogP contribution in [0.25, 0.3) is 0 Å². The average molecular weight is 292 g/mol. The van der Waals surface area contributed by atoms with Gasteiger partial charge in [-0.15, -0.1) is 5.10 Å². The van der Waals surface area contributed by atoms with E-state index in [1.165, 1.54) is 23.0 Å². The number of halogens is 1. The van der Waals surface area contributed by atoms with Crippen LogP contribution in [0, 0.1) is 11.7 Å². The Kier molecular flexibility index (Phi) is 4.99. The van der Waals surface area contributed by atoms with Crippen molar-refractivity contribution in [1.82, 2.24) is 20.3 Å². The summed E-state index contributed by atoms with van der Waals surface area (Å²) in [5, 5.41) is 19.2. The van der Waals surface area contributed by atoms with E-state index in [-0.39, 0.29) is 29.9 Å². The number of carbonyl (C=O) groups excluding carboxylic acids is 1. The smallest absolute Gasteiger partial charge is 0.273 e. The Morgan fingerprint density at radius 2 is 2.33 bits per heavy atom. The van der Waals surface area contributed by atoms with Crippen LogP contribution in [0.4, 0.5) is 4.39 Å². The minimum Gasteiger partial charge on any atom is -0.396 e. The highest BCUT2D eigenvalue weighted by atomic mass is 19.1. The van der Waals surface area contributed by atoms with E-state index >= 15 is 0 Å². The predicted octanol–water partition coefficient (Wildman–Crippen LogP) is 0.824. The number of benzene rings is 1. The molecule has 6 nitrogen and oxygen atoms in total. The van der Waals surface area contributed by atoms with Crippen LogP contribution in [0.2, 0.25) is 0 Å². The van der Waals surface area contributed by atoms with Crippen LogP contribution in [0.3, 0.4) is 0 Å². The highest BCUT2D eigenvalue weighted by molar-refractivity contribution is 5.91. The Morgan fingerprint density at radius 3 is 3.05 bits per heavy atom. The summed E-state index contributed by atoms with van der Waals surface area (Å²) in [4.78, 5) is 11.8. The van der Waals surface area contributed by atoms with Crippen molar-refractivity contribution in [1.29, 1.82) is 0 Å². The predicted molar refractivity (Wildman–Crippen MR) is 74.1 cm³/mol. The van der Waals surface area contributed by atoms with E-state index < -0.39 is 0 Å². The second-order valence-electron chi connectivity index (χ2n) is 4.93. The molecule has 0 saturated carbocycles. The quantitative estimate of drug-likeness (QED) is 0.826. The van der Waals surface area contributed by atoms with Crippen molar-refractivity contribution >= 4 is 5.91 Å². The monoisotopic (exact) mass is 292 g/mol. The molecular weight excluding hydrogens is 275 g/mol. The van der Waals surface area contributed by atoms with Crippen LogP contribution in [0.1, 0.15) is 23.0 Å². The second-order valence-corrected chi connectivity index (χ2v) is 4.93. The molecule has 1 heterocycles. The number of aromatic nitrogens is 3. The van der Waals surface area contributed by atoms with E-state index in [0.717, 1.165) is 5.56 Å². The van der Waals surface area contributed by atoms with Gasteiger partial charge < -0.3 is 10.4 Å². The lowest BCUT2D eigenvalue weighted by atomic mass is 10.2. The number of nitrogens with zero attached hydrogens (tertiary/aromatic N) is 3. The van der Waals surface area contributed by atoms with Gasteiger partial charge in [0.15, 0.2) is 5.69 Å². The van der Waals surface area contributed by atoms with Crippen LogP contribution >= 0.6 is 0 Å². The molecule has 0 aliphatic carbocycles. The lowest BCUT2D eigenvalue weighted by Crippen LogP contribution is -2.29. The molecule has 2 N–H and O–H groups in total. The summed E-state index contributed by atoms with van der Waals surface area (Å²) >= 11 is 0. The van der Waals surface area contributed by atoms with Gasteiger partial charge in [0.2, 0.25) is 0 Å². The summed E-state index contributed by atoms with van der Waals surface area (Å²) in [6.45, 7) is 2.53. The Bertz CT molecular complexity index is 615. The van der Waals surface area contributed by atoms with Gasteiger partial charge in [0.05, 0.1) is 12.7 Å². The Hall–Kier alpha value is -2.28. The highest BCUT2D eigenvalue weighted by Crippen LogP contribution is 2.05. The van der Waals surface area contributed by atoms with Crippen molar-refractivity contribution in [2.45, 2.75) is 13.5 Å². The normalized spacial score (nSPS) is 12.1. The van der Waals surface area contributed by atoms with Crippen molar-refractivity contribution in [2.24, 2.45) is 5.92 Å². The second kappa shape index (κ2) is 6.94. The topological polar surface area (TPSA) is 80.0 Å². The zero-order chi connectivity index (χ0) is 15.2. The Morgan fingerprint density at radius 1 is 1.52 bits per heavy atom. The van der Waals surface area contributed by atoms with Crippen LogP contribution < -0.4 is 5.32 Å². The third-order valence-corrected chi connectivity index (χ3v) is 2.93. The fraction of sp³-hybridized carbons (Fsp3) is 0.357. The SMILES string of the molecule is CC(CO)CNC(=O)c1cn(Cc2cccc(F)c2)nn1. The maximum atomic E-state index is 13.1. The van der Waals surface area contributed by atoms with Gasteiger partial charge in [0.1, 0.15) is 5.82 Å². The van der Waals surface area contributed by atoms with E-state index in [1.54, 1.807) is 12.1 Å². The van der Waals surface area contributed by atoms with Crippen molar-refractivity contribution in [3.63, 3.8) is 0 Å². The van der Waals surface area contributed by atoms with Gasteiger partial charge in [-0.25, -0.2) is 9.07 Å². The molecule has 112 valence electrons. The number of hydrogen-bond donors (Lipinski definition) is 2. The molecule has 0 saturated heterocycles. The fourth-order valence-corrected chi connectivity index (χ4v) is 1.72. The minimum atomic E-state index is -0.346. The lowest BCUT2D eigenvalue weighted by Gasteiger charge is -2.07. The zero-order valence-electron chi connectivity index (χ0n) is 11.7. The molecule has 2 aromatic rings. The van der Waals surface area contributed by atoms with Crippen molar-refractivity contribution in [3.05, 3.63) is 47.5 Å². The van der Waals surface area contributed by atoms with E-state index in [9.17, 15) is 9.18 Å². The summed E-state index contributed by atoms with van der Waals surface area (Å²) in [6, 6.07) is 6.16. The van der Waals surface area contributed by atoms with Gasteiger partial charge in [-0.3, -0.25) is 4.79 Å². The summed E-state index contributed by atoms with van der Waals surface area (Å²) < 4.78 is 14.6. The average Bonchev–Trinajstić information content (AvgIpc) is 2.93. The molecule has 1 aromatic heterocycles. The molecule has 0 radical (unpaired) electrons. The molecule has 0 spiro atoms. The summed E-state index contributed by atoms with van der Waals surface area (Å²) in [5.41, 5.74) is 0.928. The third-order valence-electron chi connectivity index (χ3n) is 2.93. The van der Waals surface area contributed by atoms with Crippen LogP contribution in [0.5, 0.6) is 0 Å².